The minimum Gasteiger partial charge on any atom is -0.242 e. The van der Waals surface area contributed by atoms with Crippen LogP contribution in [-0.2, 0) is 0 Å². The van der Waals surface area contributed by atoms with Crippen molar-refractivity contribution >= 4 is 12.4 Å². The second kappa shape index (κ2) is 13.2. The summed E-state index contributed by atoms with van der Waals surface area (Å²) in [5.74, 6) is 12.5. The van der Waals surface area contributed by atoms with Gasteiger partial charge in [0.05, 0.1) is 0 Å². The Balaban J connectivity index is 1.43. The van der Waals surface area contributed by atoms with Crippen molar-refractivity contribution in [1.29, 1.82) is 10.5 Å². The largest absolute Gasteiger partial charge is 0.242 e. The van der Waals surface area contributed by atoms with Crippen molar-refractivity contribution in [2.45, 2.75) is 0 Å². The SMILES string of the molecule is N#C/C(N=Cc1ccc(C#Cc2ccccc2)cc1)=C(\C#N)N=Cc1ccc(C#Cc2ccccc2)cc1. The highest BCUT2D eigenvalue weighted by Crippen LogP contribution is 2.10. The van der Waals surface area contributed by atoms with Gasteiger partial charge in [-0.05, 0) is 59.7 Å². The fourth-order valence-corrected chi connectivity index (χ4v) is 3.20. The first-order valence-electron chi connectivity index (χ1n) is 11.7. The molecule has 176 valence electrons. The average molecular weight is 485 g/mol. The summed E-state index contributed by atoms with van der Waals surface area (Å²) in [4.78, 5) is 8.38. The monoisotopic (exact) mass is 484 g/mol. The number of nitrogens with zero attached hydrogens (tertiary/aromatic N) is 4. The van der Waals surface area contributed by atoms with Crippen LogP contribution in [0.5, 0.6) is 0 Å². The smallest absolute Gasteiger partial charge is 0.176 e. The van der Waals surface area contributed by atoms with Crippen LogP contribution in [0.3, 0.4) is 0 Å². The first-order valence-corrected chi connectivity index (χ1v) is 11.7. The van der Waals surface area contributed by atoms with E-state index in [2.05, 4.69) is 33.7 Å². The molecule has 4 aromatic carbocycles. The number of benzene rings is 4. The normalized spacial score (nSPS) is 10.9. The highest BCUT2D eigenvalue weighted by Gasteiger charge is 2.03. The molecule has 4 aromatic rings. The lowest BCUT2D eigenvalue weighted by Gasteiger charge is -1.96. The molecule has 0 spiro atoms. The zero-order chi connectivity index (χ0) is 26.4. The van der Waals surface area contributed by atoms with E-state index in [4.69, 9.17) is 0 Å². The molecule has 4 rings (SSSR count). The predicted octanol–water partition coefficient (Wildman–Crippen LogP) is 6.28. The number of allylic oxidation sites excluding steroid dienone is 2. The van der Waals surface area contributed by atoms with Crippen LogP contribution in [0.1, 0.15) is 33.4 Å². The lowest BCUT2D eigenvalue weighted by Crippen LogP contribution is -1.88. The number of hydrogen-bond donors (Lipinski definition) is 0. The molecule has 0 amide bonds. The van der Waals surface area contributed by atoms with E-state index >= 15 is 0 Å². The number of aliphatic imine (C=N–C) groups is 2. The Morgan fingerprint density at radius 3 is 1.08 bits per heavy atom. The van der Waals surface area contributed by atoms with Crippen molar-refractivity contribution in [2.24, 2.45) is 9.98 Å². The van der Waals surface area contributed by atoms with Gasteiger partial charge >= 0.3 is 0 Å². The van der Waals surface area contributed by atoms with E-state index < -0.39 is 0 Å². The van der Waals surface area contributed by atoms with Gasteiger partial charge in [-0.15, -0.1) is 0 Å². The van der Waals surface area contributed by atoms with Crippen LogP contribution in [0, 0.1) is 46.3 Å². The summed E-state index contributed by atoms with van der Waals surface area (Å²) in [6, 6.07) is 38.3. The molecule has 0 aliphatic rings. The minimum atomic E-state index is -0.0676. The molecular weight excluding hydrogens is 464 g/mol. The lowest BCUT2D eigenvalue weighted by atomic mass is 10.1. The highest BCUT2D eigenvalue weighted by atomic mass is 14.8. The van der Waals surface area contributed by atoms with Crippen LogP contribution in [0.25, 0.3) is 0 Å². The molecule has 0 radical (unpaired) electrons. The Kier molecular flexibility index (Phi) is 8.76. The summed E-state index contributed by atoms with van der Waals surface area (Å²) in [7, 11) is 0. The van der Waals surface area contributed by atoms with Gasteiger partial charge in [0.15, 0.2) is 11.4 Å². The first-order chi connectivity index (χ1) is 18.7. The van der Waals surface area contributed by atoms with Crippen molar-refractivity contribution < 1.29 is 0 Å². The van der Waals surface area contributed by atoms with Crippen molar-refractivity contribution in [1.82, 2.24) is 0 Å². The molecule has 0 unspecified atom stereocenters. The number of nitriles is 2. The summed E-state index contributed by atoms with van der Waals surface area (Å²) in [5.41, 5.74) is 5.03. The van der Waals surface area contributed by atoms with E-state index in [9.17, 15) is 10.5 Å². The van der Waals surface area contributed by atoms with Crippen LogP contribution in [0.2, 0.25) is 0 Å². The third kappa shape index (κ3) is 7.53. The number of rotatable bonds is 4. The Bertz CT molecular complexity index is 1560. The summed E-state index contributed by atoms with van der Waals surface area (Å²) in [6.45, 7) is 0. The molecule has 0 heterocycles. The van der Waals surface area contributed by atoms with Crippen molar-refractivity contribution in [3.8, 4) is 35.8 Å². The van der Waals surface area contributed by atoms with Gasteiger partial charge in [0.1, 0.15) is 12.1 Å². The zero-order valence-electron chi connectivity index (χ0n) is 20.3. The second-order valence-electron chi connectivity index (χ2n) is 7.91. The maximum Gasteiger partial charge on any atom is 0.176 e. The molecule has 0 saturated carbocycles. The van der Waals surface area contributed by atoms with Gasteiger partial charge in [0.25, 0.3) is 0 Å². The molecule has 4 heteroatoms. The van der Waals surface area contributed by atoms with Crippen LogP contribution in [0.4, 0.5) is 0 Å². The molecule has 0 aliphatic heterocycles. The van der Waals surface area contributed by atoms with Crippen LogP contribution >= 0.6 is 0 Å². The van der Waals surface area contributed by atoms with Gasteiger partial charge in [-0.3, -0.25) is 0 Å². The van der Waals surface area contributed by atoms with Crippen LogP contribution in [-0.4, -0.2) is 12.4 Å². The van der Waals surface area contributed by atoms with Crippen LogP contribution in [0.15, 0.2) is 131 Å². The van der Waals surface area contributed by atoms with Gasteiger partial charge in [-0.2, -0.15) is 10.5 Å². The Hall–Kier alpha value is -5.94. The van der Waals surface area contributed by atoms with Gasteiger partial charge in [0.2, 0.25) is 0 Å². The third-order valence-corrected chi connectivity index (χ3v) is 5.19. The van der Waals surface area contributed by atoms with E-state index in [1.807, 2.05) is 121 Å². The first kappa shape index (κ1) is 25.2. The molecule has 38 heavy (non-hydrogen) atoms. The van der Waals surface area contributed by atoms with Gasteiger partial charge in [0, 0.05) is 34.7 Å². The van der Waals surface area contributed by atoms with E-state index in [1.54, 1.807) is 0 Å². The van der Waals surface area contributed by atoms with E-state index in [-0.39, 0.29) is 11.4 Å². The Labute approximate surface area is 222 Å². The standard InChI is InChI=1S/C34H20N4/c35-23-33(37-25-31-19-15-29(16-20-31)13-11-27-7-3-1-4-8-27)34(24-36)38-26-32-21-17-30(18-22-32)14-12-28-9-5-2-6-10-28/h1-10,15-22,25-26H/b34-33-,37-25?,38-26?. The average Bonchev–Trinajstić information content (AvgIpc) is 2.99. The molecule has 4 nitrogen and oxygen atoms in total. The molecule has 0 atom stereocenters. The number of hydrogen-bond acceptors (Lipinski definition) is 4. The van der Waals surface area contributed by atoms with Gasteiger partial charge in [-0.1, -0.05) is 84.3 Å². The van der Waals surface area contributed by atoms with Gasteiger partial charge in [-0.25, -0.2) is 9.98 Å². The zero-order valence-corrected chi connectivity index (χ0v) is 20.3. The fourth-order valence-electron chi connectivity index (χ4n) is 3.20. The Morgan fingerprint density at radius 2 is 0.763 bits per heavy atom. The van der Waals surface area contributed by atoms with Crippen LogP contribution < -0.4 is 0 Å². The summed E-state index contributed by atoms with van der Waals surface area (Å²) in [6.07, 6.45) is 3.06. The minimum absolute atomic E-state index is 0.0676. The van der Waals surface area contributed by atoms with Crippen molar-refractivity contribution in [3.63, 3.8) is 0 Å². The lowest BCUT2D eigenvalue weighted by molar-refractivity contribution is 1.27. The predicted molar refractivity (Wildman–Crippen MR) is 151 cm³/mol. The highest BCUT2D eigenvalue weighted by molar-refractivity contribution is 5.82. The second-order valence-corrected chi connectivity index (χ2v) is 7.91. The fraction of sp³-hybridized carbons (Fsp3) is 0. The van der Waals surface area contributed by atoms with Crippen molar-refractivity contribution in [3.05, 3.63) is 154 Å². The molecule has 0 bridgehead atoms. The molecule has 0 aromatic heterocycles. The third-order valence-electron chi connectivity index (χ3n) is 5.19. The summed E-state index contributed by atoms with van der Waals surface area (Å²) < 4.78 is 0. The van der Waals surface area contributed by atoms with E-state index in [0.29, 0.717) is 0 Å². The summed E-state index contributed by atoms with van der Waals surface area (Å²) >= 11 is 0. The Morgan fingerprint density at radius 1 is 0.447 bits per heavy atom. The van der Waals surface area contributed by atoms with E-state index in [1.165, 1.54) is 12.4 Å². The van der Waals surface area contributed by atoms with Gasteiger partial charge < -0.3 is 0 Å². The maximum atomic E-state index is 9.53. The maximum absolute atomic E-state index is 9.53. The molecule has 0 saturated heterocycles. The topological polar surface area (TPSA) is 72.3 Å². The molecule has 0 N–H and O–H groups in total. The summed E-state index contributed by atoms with van der Waals surface area (Å²) in [5, 5.41) is 19.1. The van der Waals surface area contributed by atoms with Crippen molar-refractivity contribution in [2.75, 3.05) is 0 Å². The molecule has 0 fully saturated rings. The molecule has 0 aliphatic carbocycles. The molecular formula is C34H20N4. The van der Waals surface area contributed by atoms with E-state index in [0.717, 1.165) is 33.4 Å². The quantitative estimate of drug-likeness (QED) is 0.194.